The molecule has 75 heavy (non-hydrogen) atoms. The smallest absolute Gasteiger partial charge is 0.305 e. The molecule has 0 unspecified atom stereocenters. The van der Waals surface area contributed by atoms with E-state index in [2.05, 4.69) is 42.5 Å². The summed E-state index contributed by atoms with van der Waals surface area (Å²) in [5.41, 5.74) is 17.3. The van der Waals surface area contributed by atoms with Crippen LogP contribution in [0.5, 0.6) is 0 Å². The summed E-state index contributed by atoms with van der Waals surface area (Å²) in [5.74, 6) is -10.8. The summed E-state index contributed by atoms with van der Waals surface area (Å²) in [6.45, 7) is 4.80. The lowest BCUT2D eigenvalue weighted by Gasteiger charge is -2.31. The molecule has 27 heteroatoms. The molecule has 17 N–H and O–H groups in total. The molecule has 424 valence electrons. The van der Waals surface area contributed by atoms with Gasteiger partial charge in [-0.2, -0.15) is 0 Å². The topological polar surface area (TPSA) is 443 Å². The standard InChI is InChI=1S/C48H82N12O15/c1-3-28(2)40(47(74)58-35(26-39(66)67)45(72)53-29(27-61)17-19-37(62)63)59-44(71)32(13-5-8-22-50)56-46(73)36-16-11-25-60(36)48(75)34(14-6-9-23-51)57-42(69)31(12-4-7-21-49)54-43(70)33(18-20-38(64)65)55-41(68)30-15-10-24-52-30/h27-36,40,52H,3-26,49-51H2,1-2H3,(H,53,72)(H,54,70)(H,55,68)(H,56,73)(H,57,69)(H,58,74)(H,59,71)(H,62,63)(H,64,65)(H,66,67)/t28-,29-,30-,31-,32-,33-,34-,35-,36-,40-/m0/s1. The second kappa shape index (κ2) is 35.0. The Labute approximate surface area is 436 Å². The van der Waals surface area contributed by atoms with E-state index in [1.165, 1.54) is 4.90 Å². The highest BCUT2D eigenvalue weighted by atomic mass is 16.4. The van der Waals surface area contributed by atoms with E-state index in [1.807, 2.05) is 0 Å². The van der Waals surface area contributed by atoms with E-state index >= 15 is 0 Å². The predicted molar refractivity (Wildman–Crippen MR) is 270 cm³/mol. The van der Waals surface area contributed by atoms with E-state index in [9.17, 15) is 67.7 Å². The zero-order chi connectivity index (χ0) is 56.0. The molecular weight excluding hydrogens is 985 g/mol. The van der Waals surface area contributed by atoms with Gasteiger partial charge < -0.3 is 84.7 Å². The minimum Gasteiger partial charge on any atom is -0.481 e. The summed E-state index contributed by atoms with van der Waals surface area (Å²) >= 11 is 0. The second-order valence-corrected chi connectivity index (χ2v) is 19.1. The summed E-state index contributed by atoms with van der Waals surface area (Å²) in [6, 6.07) is -11.2. The molecule has 2 heterocycles. The number of carbonyl (C=O) groups excluding carboxylic acids is 9. The number of rotatable bonds is 38. The SMILES string of the molecule is CC[C@H](C)[C@H](NC(=O)[C@H](CCCCN)NC(=O)[C@@H]1CCCN1C(=O)[C@H](CCCCN)NC(=O)[C@H](CCCCN)NC(=O)[C@H](CCC(=O)O)NC(=O)[C@@H]1CCCN1)C(=O)N[C@@H](CC(=O)O)C(=O)N[C@H](C=O)CCC(=O)O. The van der Waals surface area contributed by atoms with Gasteiger partial charge in [0.25, 0.3) is 0 Å². The first kappa shape index (κ1) is 64.8. The van der Waals surface area contributed by atoms with Crippen LogP contribution >= 0.6 is 0 Å². The van der Waals surface area contributed by atoms with Gasteiger partial charge in [0, 0.05) is 19.4 Å². The average molecular weight is 1070 g/mol. The van der Waals surface area contributed by atoms with Crippen LogP contribution in [0.25, 0.3) is 0 Å². The molecular formula is C48H82N12O15. The third-order valence-corrected chi connectivity index (χ3v) is 13.2. The van der Waals surface area contributed by atoms with E-state index in [0.29, 0.717) is 64.3 Å². The number of nitrogens with two attached hydrogens (primary N) is 3. The lowest BCUT2D eigenvalue weighted by molar-refractivity contribution is -0.143. The van der Waals surface area contributed by atoms with Gasteiger partial charge in [0.2, 0.25) is 47.3 Å². The number of likely N-dealkylation sites (tertiary alicyclic amines) is 1. The number of hydrogen-bond acceptors (Lipinski definition) is 16. The van der Waals surface area contributed by atoms with Crippen LogP contribution in [0.2, 0.25) is 0 Å². The lowest BCUT2D eigenvalue weighted by atomic mass is 9.96. The van der Waals surface area contributed by atoms with Crippen LogP contribution < -0.4 is 59.7 Å². The third kappa shape index (κ3) is 23.4. The van der Waals surface area contributed by atoms with Crippen LogP contribution in [0.3, 0.4) is 0 Å². The van der Waals surface area contributed by atoms with Crippen LogP contribution in [0.4, 0.5) is 0 Å². The van der Waals surface area contributed by atoms with Crippen molar-refractivity contribution in [3.63, 3.8) is 0 Å². The van der Waals surface area contributed by atoms with Gasteiger partial charge in [0.05, 0.1) is 18.5 Å². The fourth-order valence-corrected chi connectivity index (χ4v) is 8.64. The van der Waals surface area contributed by atoms with Crippen LogP contribution in [-0.4, -0.2) is 179 Å². The van der Waals surface area contributed by atoms with Crippen molar-refractivity contribution in [2.24, 2.45) is 23.1 Å². The number of aldehydes is 1. The number of carboxylic acids is 3. The van der Waals surface area contributed by atoms with Crippen molar-refractivity contribution in [3.8, 4) is 0 Å². The Kier molecular flexibility index (Phi) is 30.3. The zero-order valence-corrected chi connectivity index (χ0v) is 43.2. The molecule has 2 saturated heterocycles. The Hall–Kier alpha value is -6.32. The molecule has 10 atom stereocenters. The molecule has 0 bridgehead atoms. The molecule has 2 aliphatic rings. The van der Waals surface area contributed by atoms with Gasteiger partial charge in [-0.05, 0) is 128 Å². The molecule has 2 fully saturated rings. The third-order valence-electron chi connectivity index (χ3n) is 13.2. The van der Waals surface area contributed by atoms with Crippen LogP contribution in [0, 0.1) is 5.92 Å². The molecule has 2 rings (SSSR count). The Morgan fingerprint density at radius 3 is 1.59 bits per heavy atom. The summed E-state index contributed by atoms with van der Waals surface area (Å²) in [6.07, 6.45) is 2.57. The van der Waals surface area contributed by atoms with Crippen molar-refractivity contribution in [3.05, 3.63) is 0 Å². The first-order valence-electron chi connectivity index (χ1n) is 26.1. The highest BCUT2D eigenvalue weighted by Crippen LogP contribution is 2.21. The molecule has 8 amide bonds. The fourth-order valence-electron chi connectivity index (χ4n) is 8.64. The molecule has 0 aromatic heterocycles. The van der Waals surface area contributed by atoms with Crippen molar-refractivity contribution in [1.29, 1.82) is 0 Å². The molecule has 0 radical (unpaired) electrons. The van der Waals surface area contributed by atoms with E-state index in [4.69, 9.17) is 22.3 Å². The van der Waals surface area contributed by atoms with Gasteiger partial charge in [-0.1, -0.05) is 20.3 Å². The Morgan fingerprint density at radius 1 is 0.573 bits per heavy atom. The Morgan fingerprint density at radius 2 is 1.07 bits per heavy atom. The number of carbonyl (C=O) groups is 12. The number of nitrogens with one attached hydrogen (secondary N) is 8. The minimum atomic E-state index is -1.75. The van der Waals surface area contributed by atoms with Crippen molar-refractivity contribution in [2.45, 2.75) is 190 Å². The van der Waals surface area contributed by atoms with Gasteiger partial charge in [-0.25, -0.2) is 0 Å². The quantitative estimate of drug-likeness (QED) is 0.0216. The zero-order valence-electron chi connectivity index (χ0n) is 43.2. The van der Waals surface area contributed by atoms with Crippen LogP contribution in [-0.2, 0) is 57.5 Å². The van der Waals surface area contributed by atoms with Gasteiger partial charge in [-0.15, -0.1) is 0 Å². The molecule has 0 saturated carbocycles. The van der Waals surface area contributed by atoms with Crippen molar-refractivity contribution in [1.82, 2.24) is 47.4 Å². The highest BCUT2D eigenvalue weighted by Gasteiger charge is 2.41. The summed E-state index contributed by atoms with van der Waals surface area (Å²) in [4.78, 5) is 158. The van der Waals surface area contributed by atoms with E-state index in [0.717, 1.165) is 6.42 Å². The van der Waals surface area contributed by atoms with Gasteiger partial charge in [0.1, 0.15) is 48.6 Å². The van der Waals surface area contributed by atoms with Crippen molar-refractivity contribution >= 4 is 71.5 Å². The number of hydrogen-bond donors (Lipinski definition) is 14. The maximum atomic E-state index is 14.5. The maximum absolute atomic E-state index is 14.5. The largest absolute Gasteiger partial charge is 0.481 e. The number of amides is 8. The van der Waals surface area contributed by atoms with Gasteiger partial charge in [-0.3, -0.25) is 52.7 Å². The fraction of sp³-hybridized carbons (Fsp3) is 0.750. The van der Waals surface area contributed by atoms with E-state index < -0.39 is 145 Å². The average Bonchev–Trinajstić information content (AvgIpc) is 4.10. The molecule has 2 aliphatic heterocycles. The van der Waals surface area contributed by atoms with Gasteiger partial charge in [0.15, 0.2) is 0 Å². The monoisotopic (exact) mass is 1070 g/mol. The van der Waals surface area contributed by atoms with Crippen LogP contribution in [0.15, 0.2) is 0 Å². The molecule has 0 aliphatic carbocycles. The maximum Gasteiger partial charge on any atom is 0.305 e. The first-order chi connectivity index (χ1) is 35.7. The van der Waals surface area contributed by atoms with Gasteiger partial charge >= 0.3 is 17.9 Å². The minimum absolute atomic E-state index is 0.0328. The van der Waals surface area contributed by atoms with E-state index in [-0.39, 0.29) is 71.0 Å². The molecule has 0 aromatic rings. The number of nitrogens with zero attached hydrogens (tertiary/aromatic N) is 1. The van der Waals surface area contributed by atoms with Crippen LogP contribution in [0.1, 0.15) is 136 Å². The Balaban J connectivity index is 2.38. The Bertz CT molecular complexity index is 1940. The second-order valence-electron chi connectivity index (χ2n) is 19.1. The summed E-state index contributed by atoms with van der Waals surface area (Å²) < 4.78 is 0. The number of unbranched alkanes of at least 4 members (excludes halogenated alkanes) is 3. The number of carboxylic acid groups (broad SMARTS) is 3. The molecule has 0 spiro atoms. The summed E-state index contributed by atoms with van der Waals surface area (Å²) in [5, 5.41) is 49.0. The van der Waals surface area contributed by atoms with Crippen molar-refractivity contribution < 1.29 is 72.9 Å². The molecule has 27 nitrogen and oxygen atoms in total. The normalized spacial score (nSPS) is 18.3. The first-order valence-corrected chi connectivity index (χ1v) is 26.1. The summed E-state index contributed by atoms with van der Waals surface area (Å²) in [7, 11) is 0. The lowest BCUT2D eigenvalue weighted by Crippen LogP contribution is -2.61. The highest BCUT2D eigenvalue weighted by molar-refractivity contribution is 5.98. The predicted octanol–water partition coefficient (Wildman–Crippen LogP) is -3.04. The van der Waals surface area contributed by atoms with Crippen molar-refractivity contribution in [2.75, 3.05) is 32.7 Å². The van der Waals surface area contributed by atoms with E-state index in [1.54, 1.807) is 13.8 Å². The molecule has 0 aromatic carbocycles. The number of aliphatic carboxylic acids is 3.